The second-order valence-corrected chi connectivity index (χ2v) is 7.50. The van der Waals surface area contributed by atoms with Gasteiger partial charge in [0.05, 0.1) is 5.69 Å². The first-order chi connectivity index (χ1) is 13.1. The van der Waals surface area contributed by atoms with Crippen molar-refractivity contribution in [3.8, 4) is 5.69 Å². The number of imidazole rings is 1. The molecular weight excluding hydrogens is 336 g/mol. The fourth-order valence-corrected chi connectivity index (χ4v) is 4.00. The second kappa shape index (κ2) is 7.51. The molecule has 1 saturated carbocycles. The number of aryl methyl sites for hydroxylation is 2. The predicted molar refractivity (Wildman–Crippen MR) is 107 cm³/mol. The lowest BCUT2D eigenvalue weighted by Gasteiger charge is -2.17. The number of aromatic nitrogens is 3. The van der Waals surface area contributed by atoms with Crippen molar-refractivity contribution in [2.45, 2.75) is 58.4 Å². The Bertz CT molecular complexity index is 968. The van der Waals surface area contributed by atoms with Crippen molar-refractivity contribution in [3.63, 3.8) is 0 Å². The average molecular weight is 362 g/mol. The monoisotopic (exact) mass is 362 g/mol. The van der Waals surface area contributed by atoms with Crippen molar-refractivity contribution in [2.24, 2.45) is 0 Å². The number of amides is 1. The van der Waals surface area contributed by atoms with Crippen LogP contribution in [0.25, 0.3) is 16.9 Å². The van der Waals surface area contributed by atoms with E-state index in [2.05, 4.69) is 22.2 Å². The van der Waals surface area contributed by atoms with Crippen LogP contribution >= 0.6 is 0 Å². The molecule has 0 radical (unpaired) electrons. The smallest absolute Gasteiger partial charge is 0.251 e. The topological polar surface area (TPSA) is 59.8 Å². The number of benzene rings is 1. The summed E-state index contributed by atoms with van der Waals surface area (Å²) in [6, 6.07) is 10.0. The predicted octanol–water partition coefficient (Wildman–Crippen LogP) is 4.49. The van der Waals surface area contributed by atoms with E-state index in [4.69, 9.17) is 0 Å². The molecule has 1 N–H and O–H groups in total. The summed E-state index contributed by atoms with van der Waals surface area (Å²) in [6.45, 7) is 4.02. The summed E-state index contributed by atoms with van der Waals surface area (Å²) in [5.74, 6) is 0.881. The number of hydrogen-bond acceptors (Lipinski definition) is 3. The molecule has 0 saturated heterocycles. The molecule has 2 heterocycles. The van der Waals surface area contributed by atoms with Gasteiger partial charge in [0, 0.05) is 17.8 Å². The first kappa shape index (κ1) is 17.7. The molecule has 5 nitrogen and oxygen atoms in total. The minimum atomic E-state index is 0.0122. The molecule has 0 aliphatic heterocycles. The summed E-state index contributed by atoms with van der Waals surface area (Å²) in [5, 5.41) is 3.24. The summed E-state index contributed by atoms with van der Waals surface area (Å²) in [4.78, 5) is 22.0. The van der Waals surface area contributed by atoms with E-state index in [0.717, 1.165) is 41.1 Å². The van der Waals surface area contributed by atoms with E-state index in [1.807, 2.05) is 41.8 Å². The molecule has 0 spiro atoms. The molecule has 4 rings (SSSR count). The molecular formula is C22H26N4O. The van der Waals surface area contributed by atoms with Gasteiger partial charge in [-0.3, -0.25) is 9.36 Å². The van der Waals surface area contributed by atoms with Gasteiger partial charge < -0.3 is 5.32 Å². The van der Waals surface area contributed by atoms with E-state index in [1.165, 1.54) is 25.7 Å². The number of fused-ring (bicyclic) bond motifs is 1. The summed E-state index contributed by atoms with van der Waals surface area (Å²) in [5.41, 5.74) is 4.43. The highest BCUT2D eigenvalue weighted by atomic mass is 16.1. The Morgan fingerprint density at radius 3 is 2.67 bits per heavy atom. The summed E-state index contributed by atoms with van der Waals surface area (Å²) < 4.78 is 2.03. The van der Waals surface area contributed by atoms with E-state index in [9.17, 15) is 4.79 Å². The molecule has 1 aliphatic rings. The second-order valence-electron chi connectivity index (χ2n) is 7.50. The average Bonchev–Trinajstić information content (AvgIpc) is 2.81. The Morgan fingerprint density at radius 2 is 1.89 bits per heavy atom. The van der Waals surface area contributed by atoms with Crippen LogP contribution in [0, 0.1) is 13.8 Å². The van der Waals surface area contributed by atoms with Gasteiger partial charge in [0.25, 0.3) is 5.91 Å². The molecule has 0 bridgehead atoms. The van der Waals surface area contributed by atoms with Crippen LogP contribution in [0.15, 0.2) is 36.5 Å². The molecule has 2 aromatic heterocycles. The number of carbonyl (C=O) groups excluding carboxylic acids is 1. The van der Waals surface area contributed by atoms with E-state index >= 15 is 0 Å². The maximum absolute atomic E-state index is 12.9. The molecule has 5 heteroatoms. The van der Waals surface area contributed by atoms with E-state index in [0.29, 0.717) is 11.6 Å². The Labute approximate surface area is 159 Å². The zero-order chi connectivity index (χ0) is 18.8. The van der Waals surface area contributed by atoms with Crippen LogP contribution in [0.3, 0.4) is 0 Å². The summed E-state index contributed by atoms with van der Waals surface area (Å²) in [7, 11) is 0. The third kappa shape index (κ3) is 3.59. The van der Waals surface area contributed by atoms with Crippen molar-refractivity contribution in [1.82, 2.24) is 19.9 Å². The molecule has 0 unspecified atom stereocenters. The fraction of sp³-hybridized carbons (Fsp3) is 0.409. The van der Waals surface area contributed by atoms with Crippen LogP contribution in [-0.2, 0) is 0 Å². The van der Waals surface area contributed by atoms with Crippen molar-refractivity contribution in [3.05, 3.63) is 53.5 Å². The molecule has 1 fully saturated rings. The third-order valence-corrected chi connectivity index (χ3v) is 5.49. The SMILES string of the molecule is Cc1ccc(C(=O)NC2CCCCCC2)cc1-n1c(C)nc2cccnc21. The van der Waals surface area contributed by atoms with Crippen LogP contribution in [0.4, 0.5) is 0 Å². The Hall–Kier alpha value is -2.69. The summed E-state index contributed by atoms with van der Waals surface area (Å²) >= 11 is 0. The maximum atomic E-state index is 12.9. The highest BCUT2D eigenvalue weighted by Gasteiger charge is 2.18. The van der Waals surface area contributed by atoms with E-state index in [-0.39, 0.29) is 5.91 Å². The van der Waals surface area contributed by atoms with Crippen molar-refractivity contribution in [1.29, 1.82) is 0 Å². The minimum Gasteiger partial charge on any atom is -0.349 e. The van der Waals surface area contributed by atoms with Crippen LogP contribution < -0.4 is 5.32 Å². The van der Waals surface area contributed by atoms with Gasteiger partial charge >= 0.3 is 0 Å². The van der Waals surface area contributed by atoms with Crippen LogP contribution in [0.2, 0.25) is 0 Å². The Kier molecular flexibility index (Phi) is 4.92. The fourth-order valence-electron chi connectivity index (χ4n) is 4.00. The first-order valence-electron chi connectivity index (χ1n) is 9.85. The third-order valence-electron chi connectivity index (χ3n) is 5.49. The van der Waals surface area contributed by atoms with Crippen molar-refractivity contribution < 1.29 is 4.79 Å². The minimum absolute atomic E-state index is 0.0122. The standard InChI is InChI=1S/C22H26N4O/c1-15-11-12-17(22(27)25-18-8-5-3-4-6-9-18)14-20(15)26-16(2)24-19-10-7-13-23-21(19)26/h7,10-14,18H,3-6,8-9H2,1-2H3,(H,25,27). The summed E-state index contributed by atoms with van der Waals surface area (Å²) in [6.07, 6.45) is 8.91. The number of nitrogens with one attached hydrogen (secondary N) is 1. The lowest BCUT2D eigenvalue weighted by Crippen LogP contribution is -2.34. The van der Waals surface area contributed by atoms with Gasteiger partial charge in [-0.2, -0.15) is 0 Å². The van der Waals surface area contributed by atoms with Crippen molar-refractivity contribution >= 4 is 17.1 Å². The molecule has 1 aromatic carbocycles. The van der Waals surface area contributed by atoms with Crippen molar-refractivity contribution in [2.75, 3.05) is 0 Å². The van der Waals surface area contributed by atoms with E-state index in [1.54, 1.807) is 6.20 Å². The van der Waals surface area contributed by atoms with Gasteiger partial charge in [0.15, 0.2) is 5.65 Å². The van der Waals surface area contributed by atoms with Gasteiger partial charge in [0.1, 0.15) is 11.3 Å². The molecule has 1 amide bonds. The quantitative estimate of drug-likeness (QED) is 0.698. The van der Waals surface area contributed by atoms with Crippen LogP contribution in [0.5, 0.6) is 0 Å². The lowest BCUT2D eigenvalue weighted by atomic mass is 10.1. The number of rotatable bonds is 3. The van der Waals surface area contributed by atoms with Gasteiger partial charge in [-0.05, 0) is 56.5 Å². The first-order valence-corrected chi connectivity index (χ1v) is 9.85. The molecule has 27 heavy (non-hydrogen) atoms. The lowest BCUT2D eigenvalue weighted by molar-refractivity contribution is 0.0933. The highest BCUT2D eigenvalue weighted by molar-refractivity contribution is 5.95. The number of pyridine rings is 1. The largest absolute Gasteiger partial charge is 0.349 e. The normalized spacial score (nSPS) is 15.6. The van der Waals surface area contributed by atoms with E-state index < -0.39 is 0 Å². The molecule has 3 aromatic rings. The van der Waals surface area contributed by atoms with Crippen LogP contribution in [0.1, 0.15) is 60.3 Å². The van der Waals surface area contributed by atoms with Crippen LogP contribution in [-0.4, -0.2) is 26.5 Å². The molecule has 0 atom stereocenters. The van der Waals surface area contributed by atoms with Gasteiger partial charge in [-0.25, -0.2) is 9.97 Å². The van der Waals surface area contributed by atoms with Gasteiger partial charge in [-0.1, -0.05) is 31.7 Å². The highest BCUT2D eigenvalue weighted by Crippen LogP contribution is 2.24. The zero-order valence-electron chi connectivity index (χ0n) is 16.0. The van der Waals surface area contributed by atoms with Gasteiger partial charge in [0.2, 0.25) is 0 Å². The Morgan fingerprint density at radius 1 is 1.11 bits per heavy atom. The zero-order valence-corrected chi connectivity index (χ0v) is 16.0. The number of hydrogen-bond donors (Lipinski definition) is 1. The molecule has 1 aliphatic carbocycles. The maximum Gasteiger partial charge on any atom is 0.251 e. The molecule has 140 valence electrons. The number of nitrogens with zero attached hydrogens (tertiary/aromatic N) is 3. The Balaban J connectivity index is 1.67. The number of carbonyl (C=O) groups is 1. The van der Waals surface area contributed by atoms with Gasteiger partial charge in [-0.15, -0.1) is 0 Å².